The van der Waals surface area contributed by atoms with Crippen LogP contribution in [0.3, 0.4) is 0 Å². The molecular formula is C14H19N3S. The monoisotopic (exact) mass is 261 g/mol. The average molecular weight is 261 g/mol. The second-order valence-electron chi connectivity index (χ2n) is 5.59. The summed E-state index contributed by atoms with van der Waals surface area (Å²) in [6.45, 7) is 10.4. The SMILES string of the molecule is Cc1ccsc1-c1nc(C(C)(C)C)nc(N)c1C. The Balaban J connectivity index is 2.68. The van der Waals surface area contributed by atoms with Crippen LogP contribution < -0.4 is 5.73 Å². The predicted molar refractivity (Wildman–Crippen MR) is 77.9 cm³/mol. The van der Waals surface area contributed by atoms with E-state index in [2.05, 4.69) is 44.1 Å². The number of hydrogen-bond donors (Lipinski definition) is 1. The minimum Gasteiger partial charge on any atom is -0.383 e. The largest absolute Gasteiger partial charge is 0.383 e. The third-order valence-electron chi connectivity index (χ3n) is 2.93. The maximum atomic E-state index is 6.03. The summed E-state index contributed by atoms with van der Waals surface area (Å²) in [7, 11) is 0. The molecule has 2 rings (SSSR count). The van der Waals surface area contributed by atoms with Gasteiger partial charge in [-0.2, -0.15) is 0 Å². The van der Waals surface area contributed by atoms with Gasteiger partial charge in [0, 0.05) is 11.0 Å². The first-order valence-corrected chi connectivity index (χ1v) is 6.87. The molecule has 2 aromatic rings. The third-order valence-corrected chi connectivity index (χ3v) is 3.95. The quantitative estimate of drug-likeness (QED) is 0.851. The topological polar surface area (TPSA) is 51.8 Å². The molecule has 4 heteroatoms. The maximum Gasteiger partial charge on any atom is 0.136 e. The lowest BCUT2D eigenvalue weighted by Crippen LogP contribution is -2.18. The van der Waals surface area contributed by atoms with E-state index in [1.807, 2.05) is 6.92 Å². The van der Waals surface area contributed by atoms with Crippen LogP contribution in [0, 0.1) is 13.8 Å². The van der Waals surface area contributed by atoms with Crippen molar-refractivity contribution >= 4 is 17.2 Å². The summed E-state index contributed by atoms with van der Waals surface area (Å²) in [4.78, 5) is 10.3. The van der Waals surface area contributed by atoms with Crippen molar-refractivity contribution in [3.05, 3.63) is 28.4 Å². The molecule has 0 spiro atoms. The number of nitrogen functional groups attached to an aromatic ring is 1. The molecular weight excluding hydrogens is 242 g/mol. The first-order valence-electron chi connectivity index (χ1n) is 5.99. The van der Waals surface area contributed by atoms with Gasteiger partial charge in [-0.05, 0) is 30.9 Å². The van der Waals surface area contributed by atoms with Crippen LogP contribution in [0.15, 0.2) is 11.4 Å². The van der Waals surface area contributed by atoms with E-state index in [0.717, 1.165) is 17.1 Å². The molecule has 0 aliphatic carbocycles. The number of anilines is 1. The molecule has 96 valence electrons. The van der Waals surface area contributed by atoms with E-state index in [-0.39, 0.29) is 5.41 Å². The van der Waals surface area contributed by atoms with Crippen molar-refractivity contribution in [1.82, 2.24) is 9.97 Å². The molecule has 0 unspecified atom stereocenters. The highest BCUT2D eigenvalue weighted by molar-refractivity contribution is 7.13. The number of nitrogens with zero attached hydrogens (tertiary/aromatic N) is 2. The lowest BCUT2D eigenvalue weighted by molar-refractivity contribution is 0.546. The predicted octanol–water partition coefficient (Wildman–Crippen LogP) is 3.70. The van der Waals surface area contributed by atoms with Gasteiger partial charge in [0.25, 0.3) is 0 Å². The van der Waals surface area contributed by atoms with Crippen molar-refractivity contribution in [2.24, 2.45) is 0 Å². The van der Waals surface area contributed by atoms with Gasteiger partial charge >= 0.3 is 0 Å². The highest BCUT2D eigenvalue weighted by atomic mass is 32.1. The fraction of sp³-hybridized carbons (Fsp3) is 0.429. The second-order valence-corrected chi connectivity index (χ2v) is 6.50. The molecule has 0 aliphatic rings. The molecule has 0 atom stereocenters. The molecule has 0 amide bonds. The Morgan fingerprint density at radius 1 is 1.17 bits per heavy atom. The number of hydrogen-bond acceptors (Lipinski definition) is 4. The smallest absolute Gasteiger partial charge is 0.136 e. The summed E-state index contributed by atoms with van der Waals surface area (Å²) in [5.41, 5.74) is 9.11. The van der Waals surface area contributed by atoms with E-state index in [4.69, 9.17) is 10.7 Å². The zero-order valence-corrected chi connectivity index (χ0v) is 12.4. The van der Waals surface area contributed by atoms with Crippen molar-refractivity contribution in [1.29, 1.82) is 0 Å². The molecule has 0 saturated heterocycles. The van der Waals surface area contributed by atoms with E-state index in [1.54, 1.807) is 11.3 Å². The molecule has 3 nitrogen and oxygen atoms in total. The standard InChI is InChI=1S/C14H19N3S/c1-8-6-7-18-11(8)10-9(2)12(15)17-13(16-10)14(3,4)5/h6-7H,1-5H3,(H2,15,16,17). The number of nitrogens with two attached hydrogens (primary N) is 1. The summed E-state index contributed by atoms with van der Waals surface area (Å²) in [5, 5.41) is 2.08. The van der Waals surface area contributed by atoms with Crippen LogP contribution in [0.1, 0.15) is 37.7 Å². The molecule has 0 radical (unpaired) electrons. The zero-order chi connectivity index (χ0) is 13.5. The third kappa shape index (κ3) is 2.25. The number of rotatable bonds is 1. The van der Waals surface area contributed by atoms with Gasteiger partial charge < -0.3 is 5.73 Å². The van der Waals surface area contributed by atoms with Crippen LogP contribution in [-0.4, -0.2) is 9.97 Å². The maximum absolute atomic E-state index is 6.03. The van der Waals surface area contributed by atoms with Gasteiger partial charge in [-0.25, -0.2) is 9.97 Å². The molecule has 0 saturated carbocycles. The van der Waals surface area contributed by atoms with Crippen molar-refractivity contribution < 1.29 is 0 Å². The van der Waals surface area contributed by atoms with Crippen molar-refractivity contribution in [3.8, 4) is 10.6 Å². The van der Waals surface area contributed by atoms with Gasteiger partial charge in [-0.3, -0.25) is 0 Å². The summed E-state index contributed by atoms with van der Waals surface area (Å²) in [6, 6.07) is 2.11. The average Bonchev–Trinajstić information content (AvgIpc) is 2.67. The first kappa shape index (κ1) is 13.0. The van der Waals surface area contributed by atoms with Gasteiger partial charge in [0.15, 0.2) is 0 Å². The Morgan fingerprint density at radius 3 is 2.33 bits per heavy atom. The Kier molecular flexibility index (Phi) is 3.15. The summed E-state index contributed by atoms with van der Waals surface area (Å²) >= 11 is 1.70. The fourth-order valence-electron chi connectivity index (χ4n) is 1.71. The Hall–Kier alpha value is -1.42. The minimum absolute atomic E-state index is 0.0955. The molecule has 2 aromatic heterocycles. The van der Waals surface area contributed by atoms with Crippen LogP contribution in [-0.2, 0) is 5.41 Å². The van der Waals surface area contributed by atoms with Crippen LogP contribution >= 0.6 is 11.3 Å². The molecule has 0 aliphatic heterocycles. The van der Waals surface area contributed by atoms with Gasteiger partial charge in [-0.15, -0.1) is 11.3 Å². The normalized spacial score (nSPS) is 11.8. The first-order chi connectivity index (χ1) is 8.30. The van der Waals surface area contributed by atoms with Gasteiger partial charge in [0.05, 0.1) is 10.6 Å². The highest BCUT2D eigenvalue weighted by Crippen LogP contribution is 2.33. The molecule has 2 N–H and O–H groups in total. The van der Waals surface area contributed by atoms with Gasteiger partial charge in [0.2, 0.25) is 0 Å². The van der Waals surface area contributed by atoms with Crippen molar-refractivity contribution in [2.75, 3.05) is 5.73 Å². The van der Waals surface area contributed by atoms with Crippen LogP contribution in [0.2, 0.25) is 0 Å². The molecule has 0 fully saturated rings. The Bertz CT molecular complexity index is 579. The summed E-state index contributed by atoms with van der Waals surface area (Å²) in [5.74, 6) is 1.38. The van der Waals surface area contributed by atoms with Crippen LogP contribution in [0.5, 0.6) is 0 Å². The van der Waals surface area contributed by atoms with E-state index >= 15 is 0 Å². The highest BCUT2D eigenvalue weighted by Gasteiger charge is 2.21. The number of thiophene rings is 1. The van der Waals surface area contributed by atoms with Crippen molar-refractivity contribution in [2.45, 2.75) is 40.0 Å². The van der Waals surface area contributed by atoms with E-state index in [9.17, 15) is 0 Å². The van der Waals surface area contributed by atoms with E-state index < -0.39 is 0 Å². The number of aryl methyl sites for hydroxylation is 1. The minimum atomic E-state index is -0.0955. The zero-order valence-electron chi connectivity index (χ0n) is 11.5. The van der Waals surface area contributed by atoms with Crippen LogP contribution in [0.25, 0.3) is 10.6 Å². The molecule has 18 heavy (non-hydrogen) atoms. The van der Waals surface area contributed by atoms with Crippen molar-refractivity contribution in [3.63, 3.8) is 0 Å². The summed E-state index contributed by atoms with van der Waals surface area (Å²) < 4.78 is 0. The fourth-order valence-corrected chi connectivity index (χ4v) is 2.68. The Morgan fingerprint density at radius 2 is 1.83 bits per heavy atom. The summed E-state index contributed by atoms with van der Waals surface area (Å²) in [6.07, 6.45) is 0. The number of aromatic nitrogens is 2. The van der Waals surface area contributed by atoms with E-state index in [1.165, 1.54) is 10.4 Å². The molecule has 0 aromatic carbocycles. The van der Waals surface area contributed by atoms with Gasteiger partial charge in [0.1, 0.15) is 11.6 Å². The molecule has 2 heterocycles. The lowest BCUT2D eigenvalue weighted by Gasteiger charge is -2.19. The Labute approximate surface area is 112 Å². The van der Waals surface area contributed by atoms with Crippen LogP contribution in [0.4, 0.5) is 5.82 Å². The lowest BCUT2D eigenvalue weighted by atomic mass is 9.95. The molecule has 0 bridgehead atoms. The van der Waals surface area contributed by atoms with Gasteiger partial charge in [-0.1, -0.05) is 20.8 Å². The second kappa shape index (κ2) is 4.35. The van der Waals surface area contributed by atoms with E-state index in [0.29, 0.717) is 5.82 Å².